The number of hydrogen-bond acceptors (Lipinski definition) is 6. The van der Waals surface area contributed by atoms with Crippen molar-refractivity contribution < 1.29 is 4.74 Å². The van der Waals surface area contributed by atoms with Crippen LogP contribution < -0.4 is 9.64 Å². The van der Waals surface area contributed by atoms with Crippen LogP contribution in [0.1, 0.15) is 28.3 Å². The van der Waals surface area contributed by atoms with Crippen molar-refractivity contribution in [2.45, 2.75) is 12.8 Å². The molecule has 3 aromatic carbocycles. The second-order valence-electron chi connectivity index (χ2n) is 9.61. The molecule has 0 fully saturated rings. The number of anilines is 1. The lowest BCUT2D eigenvalue weighted by Gasteiger charge is -2.26. The summed E-state index contributed by atoms with van der Waals surface area (Å²) in [5.74, 6) is 1.65. The highest BCUT2D eigenvalue weighted by molar-refractivity contribution is 5.69. The van der Waals surface area contributed by atoms with Crippen LogP contribution in [0.25, 0.3) is 22.7 Å². The number of rotatable bonds is 4. The fourth-order valence-electron chi connectivity index (χ4n) is 5.13. The summed E-state index contributed by atoms with van der Waals surface area (Å²) < 4.78 is 10.1. The van der Waals surface area contributed by atoms with Gasteiger partial charge in [-0.15, -0.1) is 5.10 Å². The Hall–Kier alpha value is -4.98. The van der Waals surface area contributed by atoms with E-state index < -0.39 is 0 Å². The van der Waals surface area contributed by atoms with Crippen LogP contribution in [0.15, 0.2) is 91.3 Å². The highest BCUT2D eigenvalue weighted by atomic mass is 16.5. The van der Waals surface area contributed by atoms with Crippen molar-refractivity contribution in [2.75, 3.05) is 19.0 Å². The molecular weight excluding hydrogens is 474 g/mol. The SMILES string of the molecule is Cc1nn(-c2ccccc2)c2c1C(c1ccccc1)c1c(ncn3nc(-c4ccc(N(C)C)cc4)nc13)O2. The van der Waals surface area contributed by atoms with E-state index in [0.717, 1.165) is 39.3 Å². The van der Waals surface area contributed by atoms with E-state index >= 15 is 0 Å². The Balaban J connectivity index is 1.44. The van der Waals surface area contributed by atoms with Gasteiger partial charge in [-0.1, -0.05) is 48.5 Å². The maximum absolute atomic E-state index is 6.50. The lowest BCUT2D eigenvalue weighted by molar-refractivity contribution is 0.402. The summed E-state index contributed by atoms with van der Waals surface area (Å²) in [6.45, 7) is 2.03. The molecule has 8 heteroatoms. The van der Waals surface area contributed by atoms with Gasteiger partial charge in [0.2, 0.25) is 11.8 Å². The van der Waals surface area contributed by atoms with Gasteiger partial charge in [-0.2, -0.15) is 5.10 Å². The molecule has 0 spiro atoms. The summed E-state index contributed by atoms with van der Waals surface area (Å²) >= 11 is 0. The van der Waals surface area contributed by atoms with Gasteiger partial charge in [0.15, 0.2) is 11.5 Å². The topological polar surface area (TPSA) is 73.4 Å². The minimum absolute atomic E-state index is 0.170. The van der Waals surface area contributed by atoms with Crippen LogP contribution in [-0.4, -0.2) is 43.5 Å². The minimum atomic E-state index is -0.170. The highest BCUT2D eigenvalue weighted by Crippen LogP contribution is 2.49. The monoisotopic (exact) mass is 499 g/mol. The van der Waals surface area contributed by atoms with Gasteiger partial charge in [0.25, 0.3) is 0 Å². The quantitative estimate of drug-likeness (QED) is 0.312. The standard InChI is InChI=1S/C30H25N7O/c1-19-24-25(20-10-6-4-7-11-20)26-28-32-27(21-14-16-22(17-15-21)35(2)3)34-36(28)18-31-29(26)38-30(24)37(33-19)23-12-8-5-9-13-23/h4-18,25H,1-3H3. The summed E-state index contributed by atoms with van der Waals surface area (Å²) in [4.78, 5) is 11.8. The predicted octanol–water partition coefficient (Wildman–Crippen LogP) is 5.64. The maximum atomic E-state index is 6.50. The zero-order chi connectivity index (χ0) is 25.8. The molecule has 0 saturated heterocycles. The maximum Gasteiger partial charge on any atom is 0.230 e. The first-order valence-electron chi connectivity index (χ1n) is 12.5. The van der Waals surface area contributed by atoms with Crippen molar-refractivity contribution in [3.63, 3.8) is 0 Å². The second kappa shape index (κ2) is 8.55. The smallest absolute Gasteiger partial charge is 0.230 e. The molecular formula is C30H25N7O. The van der Waals surface area contributed by atoms with E-state index in [-0.39, 0.29) is 5.92 Å². The van der Waals surface area contributed by atoms with Gasteiger partial charge >= 0.3 is 0 Å². The Morgan fingerprint density at radius 3 is 2.24 bits per heavy atom. The van der Waals surface area contributed by atoms with Crippen LogP contribution in [0.3, 0.4) is 0 Å². The molecule has 0 aliphatic carbocycles. The highest BCUT2D eigenvalue weighted by Gasteiger charge is 2.38. The van der Waals surface area contributed by atoms with E-state index in [2.05, 4.69) is 41.3 Å². The molecule has 1 aliphatic heterocycles. The van der Waals surface area contributed by atoms with Gasteiger partial charge in [0, 0.05) is 25.3 Å². The van der Waals surface area contributed by atoms with Crippen LogP contribution in [-0.2, 0) is 0 Å². The summed E-state index contributed by atoms with van der Waals surface area (Å²) in [6.07, 6.45) is 1.67. The zero-order valence-corrected chi connectivity index (χ0v) is 21.3. The average molecular weight is 500 g/mol. The molecule has 3 aromatic heterocycles. The predicted molar refractivity (Wildman–Crippen MR) is 146 cm³/mol. The van der Waals surface area contributed by atoms with Crippen molar-refractivity contribution in [1.82, 2.24) is 29.4 Å². The number of hydrogen-bond donors (Lipinski definition) is 0. The number of para-hydroxylation sites is 1. The molecule has 1 unspecified atom stereocenters. The fraction of sp³-hybridized carbons (Fsp3) is 0.133. The van der Waals surface area contributed by atoms with Crippen molar-refractivity contribution in [1.29, 1.82) is 0 Å². The van der Waals surface area contributed by atoms with E-state index in [1.807, 2.05) is 74.2 Å². The van der Waals surface area contributed by atoms with E-state index in [1.54, 1.807) is 10.8 Å². The Labute approximate surface area is 219 Å². The third-order valence-electron chi connectivity index (χ3n) is 7.00. The van der Waals surface area contributed by atoms with E-state index in [9.17, 15) is 0 Å². The number of benzene rings is 3. The van der Waals surface area contributed by atoms with Crippen LogP contribution in [0.4, 0.5) is 5.69 Å². The average Bonchev–Trinajstić information content (AvgIpc) is 3.54. The van der Waals surface area contributed by atoms with Gasteiger partial charge in [-0.3, -0.25) is 0 Å². The number of aromatic nitrogens is 6. The van der Waals surface area contributed by atoms with Gasteiger partial charge in [0.05, 0.1) is 28.4 Å². The summed E-state index contributed by atoms with van der Waals surface area (Å²) in [5.41, 5.74) is 7.59. The second-order valence-corrected chi connectivity index (χ2v) is 9.61. The Kier molecular flexibility index (Phi) is 5.00. The molecule has 1 aliphatic rings. The van der Waals surface area contributed by atoms with Crippen LogP contribution in [0.2, 0.25) is 0 Å². The van der Waals surface area contributed by atoms with Gasteiger partial charge in [-0.25, -0.2) is 19.2 Å². The molecule has 1 atom stereocenters. The van der Waals surface area contributed by atoms with Crippen LogP contribution in [0.5, 0.6) is 11.8 Å². The Morgan fingerprint density at radius 2 is 1.53 bits per heavy atom. The molecule has 38 heavy (non-hydrogen) atoms. The van der Waals surface area contributed by atoms with Crippen molar-refractivity contribution >= 4 is 11.3 Å². The molecule has 0 saturated carbocycles. The summed E-state index contributed by atoms with van der Waals surface area (Å²) in [6, 6.07) is 28.6. The molecule has 6 aromatic rings. The normalized spacial score (nSPS) is 14.1. The third kappa shape index (κ3) is 3.45. The first-order valence-corrected chi connectivity index (χ1v) is 12.5. The number of fused-ring (bicyclic) bond motifs is 4. The molecule has 7 rings (SSSR count). The lowest BCUT2D eigenvalue weighted by atomic mass is 9.84. The van der Waals surface area contributed by atoms with Crippen LogP contribution in [0, 0.1) is 6.92 Å². The summed E-state index contributed by atoms with van der Waals surface area (Å²) in [5, 5.41) is 9.67. The molecule has 0 bridgehead atoms. The van der Waals surface area contributed by atoms with E-state index in [1.165, 1.54) is 0 Å². The molecule has 0 amide bonds. The van der Waals surface area contributed by atoms with Gasteiger partial charge < -0.3 is 9.64 Å². The molecule has 0 radical (unpaired) electrons. The van der Waals surface area contributed by atoms with E-state index in [4.69, 9.17) is 24.9 Å². The van der Waals surface area contributed by atoms with Crippen LogP contribution >= 0.6 is 0 Å². The Morgan fingerprint density at radius 1 is 0.816 bits per heavy atom. The number of aryl methyl sites for hydroxylation is 1. The zero-order valence-electron chi connectivity index (χ0n) is 21.3. The van der Waals surface area contributed by atoms with Gasteiger partial charge in [-0.05, 0) is 48.9 Å². The minimum Gasteiger partial charge on any atom is -0.420 e. The summed E-state index contributed by atoms with van der Waals surface area (Å²) in [7, 11) is 4.05. The fourth-order valence-corrected chi connectivity index (χ4v) is 5.13. The largest absolute Gasteiger partial charge is 0.420 e. The molecule has 186 valence electrons. The van der Waals surface area contributed by atoms with Crippen molar-refractivity contribution in [3.8, 4) is 28.8 Å². The Bertz CT molecular complexity index is 1770. The first-order chi connectivity index (χ1) is 18.6. The van der Waals surface area contributed by atoms with Crippen molar-refractivity contribution in [2.24, 2.45) is 0 Å². The van der Waals surface area contributed by atoms with Gasteiger partial charge in [0.1, 0.15) is 6.33 Å². The number of ether oxygens (including phenoxy) is 1. The lowest BCUT2D eigenvalue weighted by Crippen LogP contribution is -2.16. The first kappa shape index (κ1) is 22.2. The molecule has 4 heterocycles. The van der Waals surface area contributed by atoms with E-state index in [0.29, 0.717) is 23.2 Å². The molecule has 0 N–H and O–H groups in total. The van der Waals surface area contributed by atoms with Crippen molar-refractivity contribution in [3.05, 3.63) is 114 Å². The molecule has 8 nitrogen and oxygen atoms in total. The number of nitrogens with zero attached hydrogens (tertiary/aromatic N) is 7. The third-order valence-corrected chi connectivity index (χ3v) is 7.00.